The van der Waals surface area contributed by atoms with Crippen molar-refractivity contribution >= 4 is 33.4 Å². The zero-order valence-corrected chi connectivity index (χ0v) is 26.3. The summed E-state index contributed by atoms with van der Waals surface area (Å²) in [6, 6.07) is 10.7. The lowest BCUT2D eigenvalue weighted by atomic mass is 9.99. The molecule has 5 atom stereocenters. The molecule has 230 valence electrons. The number of pyridine rings is 1. The maximum absolute atomic E-state index is 16.5. The molecule has 10 heteroatoms. The van der Waals surface area contributed by atoms with E-state index in [1.165, 1.54) is 29.4 Å². The molecule has 45 heavy (non-hydrogen) atoms. The van der Waals surface area contributed by atoms with Gasteiger partial charge in [0.15, 0.2) is 5.65 Å². The van der Waals surface area contributed by atoms with Crippen LogP contribution >= 0.6 is 11.6 Å². The lowest BCUT2D eigenvalue weighted by Crippen LogP contribution is -2.35. The van der Waals surface area contributed by atoms with Crippen molar-refractivity contribution in [3.63, 3.8) is 0 Å². The molecule has 0 spiro atoms. The number of aromatic nitrogens is 5. The molecule has 2 aromatic carbocycles. The maximum atomic E-state index is 16.5. The van der Waals surface area contributed by atoms with Crippen LogP contribution in [0, 0.1) is 17.7 Å². The van der Waals surface area contributed by atoms with Gasteiger partial charge in [-0.2, -0.15) is 4.98 Å². The molecule has 4 unspecified atom stereocenters. The summed E-state index contributed by atoms with van der Waals surface area (Å²) >= 11 is 6.65. The van der Waals surface area contributed by atoms with Crippen molar-refractivity contribution in [2.24, 2.45) is 11.8 Å². The van der Waals surface area contributed by atoms with Crippen molar-refractivity contribution in [2.45, 2.75) is 76.8 Å². The summed E-state index contributed by atoms with van der Waals surface area (Å²) in [6.07, 6.45) is 4.83. The maximum Gasteiger partial charge on any atom is 0.354 e. The smallest absolute Gasteiger partial charge is 0.354 e. The summed E-state index contributed by atoms with van der Waals surface area (Å²) in [5.74, 6) is 0.129. The van der Waals surface area contributed by atoms with Crippen molar-refractivity contribution in [3.8, 4) is 22.7 Å². The Labute approximate surface area is 264 Å². The van der Waals surface area contributed by atoms with E-state index in [1.54, 1.807) is 18.2 Å². The van der Waals surface area contributed by atoms with Gasteiger partial charge in [-0.1, -0.05) is 51.4 Å². The standard InChI is InChI=1S/C35H34ClFN6O2/c1-15(2)29-33(30(16(3)4)39-14-38-29)43-34-22(32(42-35(43)45)28-20-11-18-8-9-25(40-18)27(20)28)13-24(37)31(41-34)21-12-19(44)10-17-6-5-7-23(36)26(17)21/h5-7,10,12-16,18,20,25,27-28,40,44H,8-9,11H2,1-4H3/t18?,20-,25?,27?,28?/m0/s1. The molecule has 5 heterocycles. The Kier molecular flexibility index (Phi) is 6.52. The topological polar surface area (TPSA) is 106 Å². The van der Waals surface area contributed by atoms with Crippen LogP contribution in [0.4, 0.5) is 4.39 Å². The van der Waals surface area contributed by atoms with Gasteiger partial charge in [0.2, 0.25) is 0 Å². The molecule has 8 rings (SSSR count). The molecule has 2 saturated heterocycles. The van der Waals surface area contributed by atoms with Gasteiger partial charge in [-0.05, 0) is 72.6 Å². The normalized spacial score (nSPS) is 23.8. The number of nitrogens with one attached hydrogen (secondary N) is 1. The third-order valence-corrected chi connectivity index (χ3v) is 10.4. The van der Waals surface area contributed by atoms with E-state index in [1.807, 2.05) is 33.8 Å². The van der Waals surface area contributed by atoms with E-state index in [0.29, 0.717) is 79.1 Å². The predicted octanol–water partition coefficient (Wildman–Crippen LogP) is 6.99. The van der Waals surface area contributed by atoms with Crippen LogP contribution in [0.15, 0.2) is 47.5 Å². The number of halogens is 2. The fourth-order valence-corrected chi connectivity index (χ4v) is 8.41. The van der Waals surface area contributed by atoms with E-state index >= 15 is 4.39 Å². The van der Waals surface area contributed by atoms with E-state index in [9.17, 15) is 9.90 Å². The lowest BCUT2D eigenvalue weighted by Gasteiger charge is -2.21. The van der Waals surface area contributed by atoms with Crippen LogP contribution in [0.2, 0.25) is 5.02 Å². The van der Waals surface area contributed by atoms with E-state index in [2.05, 4.69) is 15.3 Å². The monoisotopic (exact) mass is 624 g/mol. The minimum absolute atomic E-state index is 0.00946. The summed E-state index contributed by atoms with van der Waals surface area (Å²) < 4.78 is 18.0. The van der Waals surface area contributed by atoms with Gasteiger partial charge < -0.3 is 10.4 Å². The Morgan fingerprint density at radius 1 is 1.04 bits per heavy atom. The lowest BCUT2D eigenvalue weighted by molar-refractivity contribution is 0.387. The highest BCUT2D eigenvalue weighted by Gasteiger charge is 2.61. The fourth-order valence-electron chi connectivity index (χ4n) is 8.13. The molecule has 8 nitrogen and oxygen atoms in total. The number of phenolic OH excluding ortho intramolecular Hbond substituents is 1. The van der Waals surface area contributed by atoms with Gasteiger partial charge in [0.05, 0.1) is 22.8 Å². The average molecular weight is 625 g/mol. The van der Waals surface area contributed by atoms with E-state index in [0.717, 1.165) is 12.8 Å². The summed E-state index contributed by atoms with van der Waals surface area (Å²) in [7, 11) is 0. The molecule has 3 aliphatic rings. The van der Waals surface area contributed by atoms with Crippen LogP contribution in [-0.4, -0.2) is 41.7 Å². The van der Waals surface area contributed by atoms with E-state index in [4.69, 9.17) is 21.6 Å². The Morgan fingerprint density at radius 3 is 2.53 bits per heavy atom. The van der Waals surface area contributed by atoms with Crippen molar-refractivity contribution in [2.75, 3.05) is 0 Å². The molecular formula is C35H34ClFN6O2. The van der Waals surface area contributed by atoms with Gasteiger partial charge >= 0.3 is 5.69 Å². The van der Waals surface area contributed by atoms with Gasteiger partial charge in [-0.25, -0.2) is 28.7 Å². The molecule has 0 radical (unpaired) electrons. The summed E-state index contributed by atoms with van der Waals surface area (Å²) in [4.78, 5) is 33.2. The van der Waals surface area contributed by atoms with Crippen LogP contribution in [0.25, 0.3) is 38.8 Å². The second kappa shape index (κ2) is 10.3. The first-order chi connectivity index (χ1) is 21.6. The number of piperidine rings is 1. The molecule has 5 aromatic rings. The molecular weight excluding hydrogens is 591 g/mol. The number of hydrogen-bond donors (Lipinski definition) is 2. The number of rotatable bonds is 5. The minimum Gasteiger partial charge on any atom is -0.508 e. The summed E-state index contributed by atoms with van der Waals surface area (Å²) in [5, 5.41) is 16.5. The minimum atomic E-state index is -0.580. The second-order valence-corrected chi connectivity index (χ2v) is 13.9. The van der Waals surface area contributed by atoms with Crippen molar-refractivity contribution in [1.82, 2.24) is 29.8 Å². The number of benzene rings is 2. The SMILES string of the molecule is CC(C)c1ncnc(C(C)C)c1-n1c(=O)nc(C2C3C4CCC(C[C@H]23)N4)c2cc(F)c(-c3cc(O)cc4cccc(Cl)c34)nc21. The first-order valence-electron chi connectivity index (χ1n) is 15.8. The number of hydrogen-bond acceptors (Lipinski definition) is 7. The van der Waals surface area contributed by atoms with Gasteiger partial charge in [-0.15, -0.1) is 0 Å². The molecule has 1 aliphatic carbocycles. The number of phenols is 1. The molecule has 2 aliphatic heterocycles. The third kappa shape index (κ3) is 4.38. The van der Waals surface area contributed by atoms with Crippen LogP contribution in [0.3, 0.4) is 0 Å². The van der Waals surface area contributed by atoms with Crippen LogP contribution in [0.5, 0.6) is 5.75 Å². The Bertz CT molecular complexity index is 2070. The highest BCUT2D eigenvalue weighted by Crippen LogP contribution is 2.63. The number of fused-ring (bicyclic) bond motifs is 6. The highest BCUT2D eigenvalue weighted by molar-refractivity contribution is 6.36. The Hall–Kier alpha value is -3.95. The molecule has 3 fully saturated rings. The Balaban J connectivity index is 1.46. The van der Waals surface area contributed by atoms with Crippen molar-refractivity contribution in [1.29, 1.82) is 0 Å². The second-order valence-electron chi connectivity index (χ2n) is 13.5. The van der Waals surface area contributed by atoms with Crippen molar-refractivity contribution < 1.29 is 9.50 Å². The quantitative estimate of drug-likeness (QED) is 0.217. The molecule has 0 amide bonds. The summed E-state index contributed by atoms with van der Waals surface area (Å²) in [6.45, 7) is 8.06. The molecule has 2 bridgehead atoms. The van der Waals surface area contributed by atoms with Gasteiger partial charge in [0.1, 0.15) is 23.6 Å². The third-order valence-electron chi connectivity index (χ3n) is 10.1. The van der Waals surface area contributed by atoms with Gasteiger partial charge in [-0.3, -0.25) is 0 Å². The van der Waals surface area contributed by atoms with Gasteiger partial charge in [0, 0.05) is 39.4 Å². The van der Waals surface area contributed by atoms with Gasteiger partial charge in [0.25, 0.3) is 0 Å². The number of nitrogens with zero attached hydrogens (tertiary/aromatic N) is 5. The van der Waals surface area contributed by atoms with Crippen molar-refractivity contribution in [3.05, 3.63) is 81.1 Å². The Morgan fingerprint density at radius 2 is 1.80 bits per heavy atom. The fraction of sp³-hybridized carbons (Fsp3) is 0.400. The zero-order chi connectivity index (χ0) is 31.3. The number of aromatic hydroxyl groups is 1. The van der Waals surface area contributed by atoms with E-state index in [-0.39, 0.29) is 29.2 Å². The van der Waals surface area contributed by atoms with E-state index < -0.39 is 11.5 Å². The predicted molar refractivity (Wildman–Crippen MR) is 173 cm³/mol. The van der Waals surface area contributed by atoms with Crippen LogP contribution < -0.4 is 11.0 Å². The van der Waals surface area contributed by atoms with Crippen LogP contribution in [-0.2, 0) is 0 Å². The first kappa shape index (κ1) is 28.5. The average Bonchev–Trinajstić information content (AvgIpc) is 3.59. The highest BCUT2D eigenvalue weighted by atomic mass is 35.5. The van der Waals surface area contributed by atoms with Crippen LogP contribution in [0.1, 0.15) is 81.8 Å². The molecule has 3 aromatic heterocycles. The molecule has 1 saturated carbocycles. The first-order valence-corrected chi connectivity index (χ1v) is 16.2. The zero-order valence-electron chi connectivity index (χ0n) is 25.6. The largest absolute Gasteiger partial charge is 0.508 e. The molecule has 2 N–H and O–H groups in total. The summed E-state index contributed by atoms with van der Waals surface area (Å²) in [5.41, 5.74) is 2.66.